The second-order valence-corrected chi connectivity index (χ2v) is 25.3. The fraction of sp³-hybridized carbons (Fsp3) is 0.962. The Bertz CT molecular complexity index is 1650. The highest BCUT2D eigenvalue weighted by atomic mass is 16.5. The smallest absolute Gasteiger partial charge is 0.306 e. The largest absolute Gasteiger partial charge is 0.462 e. The molecular weight excluding hydrogens is 735 g/mol. The zero-order valence-electron chi connectivity index (χ0n) is 38.2. The second-order valence-electron chi connectivity index (χ2n) is 25.3. The molecule has 8 saturated carbocycles. The van der Waals surface area contributed by atoms with E-state index in [0.29, 0.717) is 102 Å². The fourth-order valence-electron chi connectivity index (χ4n) is 20.1. The third-order valence-corrected chi connectivity index (χ3v) is 23.0. The van der Waals surface area contributed by atoms with Crippen LogP contribution in [0.3, 0.4) is 0 Å². The van der Waals surface area contributed by atoms with E-state index in [-0.39, 0.29) is 51.9 Å². The normalized spacial score (nSPS) is 57.2. The average Bonchev–Trinajstić information content (AvgIpc) is 3.75. The van der Waals surface area contributed by atoms with Gasteiger partial charge in [-0.25, -0.2) is 0 Å². The monoisotopic (exact) mass is 818 g/mol. The van der Waals surface area contributed by atoms with Crippen molar-refractivity contribution in [2.45, 2.75) is 200 Å². The van der Waals surface area contributed by atoms with Gasteiger partial charge in [-0.3, -0.25) is 14.5 Å². The number of rotatable bonds is 5. The van der Waals surface area contributed by atoms with Crippen molar-refractivity contribution in [3.05, 3.63) is 0 Å². The molecule has 0 aromatic heterocycles. The number of hydrogen-bond acceptors (Lipinski definition) is 7. The molecule has 2 aliphatic heterocycles. The maximum absolute atomic E-state index is 14.2. The lowest BCUT2D eigenvalue weighted by atomic mass is 9.38. The Morgan fingerprint density at radius 2 is 1.51 bits per heavy atom. The molecule has 10 aliphatic rings. The number of fused-ring (bicyclic) bond motifs is 13. The predicted octanol–water partition coefficient (Wildman–Crippen LogP) is 9.23. The first-order chi connectivity index (χ1) is 27.9. The molecule has 59 heavy (non-hydrogen) atoms. The Hall–Kier alpha value is -1.02. The van der Waals surface area contributed by atoms with Gasteiger partial charge in [-0.2, -0.15) is 0 Å². The van der Waals surface area contributed by atoms with Crippen LogP contribution in [0.5, 0.6) is 0 Å². The Morgan fingerprint density at radius 1 is 0.763 bits per heavy atom. The third kappa shape index (κ3) is 6.18. The van der Waals surface area contributed by atoms with Gasteiger partial charge in [0.1, 0.15) is 11.9 Å². The lowest BCUT2D eigenvalue weighted by molar-refractivity contribution is -0.225. The number of aliphatic hydroxyl groups is 3. The van der Waals surface area contributed by atoms with E-state index in [2.05, 4.69) is 53.4 Å². The quantitative estimate of drug-likeness (QED) is 0.238. The molecule has 1 unspecified atom stereocenters. The van der Waals surface area contributed by atoms with E-state index in [1.165, 1.54) is 44.9 Å². The van der Waals surface area contributed by atoms with Crippen molar-refractivity contribution in [2.24, 2.45) is 98.6 Å². The van der Waals surface area contributed by atoms with Crippen molar-refractivity contribution >= 4 is 11.8 Å². The predicted molar refractivity (Wildman–Crippen MR) is 230 cm³/mol. The maximum atomic E-state index is 14.2. The molecule has 0 spiro atoms. The Kier molecular flexibility index (Phi) is 10.3. The van der Waals surface area contributed by atoms with Gasteiger partial charge < -0.3 is 20.1 Å². The van der Waals surface area contributed by atoms with Gasteiger partial charge in [-0.05, 0) is 203 Å². The molecule has 0 bridgehead atoms. The van der Waals surface area contributed by atoms with Gasteiger partial charge in [0.15, 0.2) is 0 Å². The summed E-state index contributed by atoms with van der Waals surface area (Å²) < 4.78 is 6.33. The summed E-state index contributed by atoms with van der Waals surface area (Å²) in [4.78, 5) is 30.6. The first kappa shape index (κ1) is 42.0. The van der Waals surface area contributed by atoms with Gasteiger partial charge in [0.25, 0.3) is 0 Å². The Labute approximate surface area is 357 Å². The molecule has 8 aliphatic carbocycles. The fourth-order valence-corrected chi connectivity index (χ4v) is 20.1. The van der Waals surface area contributed by atoms with Crippen molar-refractivity contribution in [3.8, 4) is 0 Å². The minimum atomic E-state index is -0.623. The zero-order valence-corrected chi connectivity index (χ0v) is 38.2. The van der Waals surface area contributed by atoms with Gasteiger partial charge in [0.2, 0.25) is 0 Å². The molecular formula is C52H83NO6. The molecule has 7 nitrogen and oxygen atoms in total. The molecule has 10 fully saturated rings. The molecule has 22 atom stereocenters. The van der Waals surface area contributed by atoms with Crippen LogP contribution >= 0.6 is 0 Å². The zero-order chi connectivity index (χ0) is 41.6. The van der Waals surface area contributed by atoms with E-state index >= 15 is 0 Å². The molecule has 0 aromatic rings. The van der Waals surface area contributed by atoms with Gasteiger partial charge >= 0.3 is 5.97 Å². The van der Waals surface area contributed by atoms with E-state index in [1.54, 1.807) is 0 Å². The summed E-state index contributed by atoms with van der Waals surface area (Å²) >= 11 is 0. The number of Topliss-reactive ketones (excluding diaryl/α,β-unsaturated/α-hetero) is 1. The minimum absolute atomic E-state index is 0.00909. The number of esters is 1. The number of carbonyl (C=O) groups excluding carboxylic acids is 2. The number of piperidine rings is 2. The van der Waals surface area contributed by atoms with E-state index in [0.717, 1.165) is 70.9 Å². The number of hydrogen-bond donors (Lipinski definition) is 3. The van der Waals surface area contributed by atoms with Gasteiger partial charge in [0, 0.05) is 43.3 Å². The van der Waals surface area contributed by atoms with E-state index in [9.17, 15) is 24.9 Å². The Balaban J connectivity index is 0.758. The Morgan fingerprint density at radius 3 is 2.31 bits per heavy atom. The summed E-state index contributed by atoms with van der Waals surface area (Å²) in [5, 5.41) is 34.6. The van der Waals surface area contributed by atoms with Gasteiger partial charge in [-0.1, -0.05) is 41.5 Å². The van der Waals surface area contributed by atoms with Crippen LogP contribution in [0.1, 0.15) is 170 Å². The number of ketones is 1. The summed E-state index contributed by atoms with van der Waals surface area (Å²) in [6.07, 6.45) is 18.1. The highest BCUT2D eigenvalue weighted by Crippen LogP contribution is 2.73. The molecule has 0 aromatic carbocycles. The van der Waals surface area contributed by atoms with E-state index in [4.69, 9.17) is 4.74 Å². The molecule has 2 saturated heterocycles. The molecule has 10 rings (SSSR count). The number of nitrogens with zero attached hydrogens (tertiary/aromatic N) is 1. The van der Waals surface area contributed by atoms with Crippen LogP contribution in [-0.2, 0) is 14.3 Å². The van der Waals surface area contributed by atoms with E-state index in [1.807, 2.05) is 0 Å². The third-order valence-electron chi connectivity index (χ3n) is 23.0. The SMILES string of the molecule is C[C@H]1CC[C@@H]2N(C1)C[C@H]1[C@@H]3CC4[C@@H](CC(=O)[C@H]5C[C@@H](OC(=O)CC[C@@H](C)[C@H]6CC[C@@H]7[C@]6(C)CC[C@@H]6[C@@]8(C)CC[C@@H](O)C[C@H]8C[C@@H](O)[C@]67C)CC[C@]45C)[C@@H]3CC[C@@H]1[C@]2(C)O. The molecule has 2 heterocycles. The van der Waals surface area contributed by atoms with Crippen molar-refractivity contribution in [1.82, 2.24) is 4.90 Å². The second kappa shape index (κ2) is 14.5. The first-order valence-electron chi connectivity index (χ1n) is 25.4. The summed E-state index contributed by atoms with van der Waals surface area (Å²) in [6.45, 7) is 19.1. The highest BCUT2D eigenvalue weighted by Gasteiger charge is 2.69. The average molecular weight is 818 g/mol. The maximum Gasteiger partial charge on any atom is 0.306 e. The molecule has 0 radical (unpaired) electrons. The molecule has 332 valence electrons. The molecule has 3 N–H and O–H groups in total. The van der Waals surface area contributed by atoms with Gasteiger partial charge in [-0.15, -0.1) is 0 Å². The topological polar surface area (TPSA) is 107 Å². The lowest BCUT2D eigenvalue weighted by Crippen LogP contribution is -2.67. The van der Waals surface area contributed by atoms with Gasteiger partial charge in [0.05, 0.1) is 17.8 Å². The van der Waals surface area contributed by atoms with Crippen LogP contribution < -0.4 is 0 Å². The van der Waals surface area contributed by atoms with Crippen molar-refractivity contribution in [1.29, 1.82) is 0 Å². The highest BCUT2D eigenvalue weighted by molar-refractivity contribution is 5.83. The number of carbonyl (C=O) groups is 2. The van der Waals surface area contributed by atoms with Crippen LogP contribution in [0.15, 0.2) is 0 Å². The van der Waals surface area contributed by atoms with Crippen LogP contribution in [-0.4, -0.2) is 75.0 Å². The summed E-state index contributed by atoms with van der Waals surface area (Å²) in [6, 6.07) is 0.300. The van der Waals surface area contributed by atoms with Crippen molar-refractivity contribution < 1.29 is 29.6 Å². The van der Waals surface area contributed by atoms with Crippen LogP contribution in [0, 0.1) is 98.6 Å². The summed E-state index contributed by atoms with van der Waals surface area (Å²) in [7, 11) is 0. The van der Waals surface area contributed by atoms with Crippen molar-refractivity contribution in [3.63, 3.8) is 0 Å². The lowest BCUT2D eigenvalue weighted by Gasteiger charge is -2.67. The van der Waals surface area contributed by atoms with E-state index < -0.39 is 5.60 Å². The summed E-state index contributed by atoms with van der Waals surface area (Å²) in [5.74, 6) is 6.60. The van der Waals surface area contributed by atoms with Crippen LogP contribution in [0.4, 0.5) is 0 Å². The van der Waals surface area contributed by atoms with Crippen LogP contribution in [0.25, 0.3) is 0 Å². The standard InChI is InChI=1S/C52H83NO6/c1-29-8-14-45-52(7,58)39-11-10-34-35(37(39)28-53(45)27-29)25-40-36(34)26-42(55)41-24-33(17-20-49(40,41)4)59-47(57)15-9-30(2)38-12-13-43-50(38,5)21-18-44-48(3)19-16-32(54)22-31(48)23-46(56)51(43,44)6/h29-41,43-46,54,56,58H,8-28H2,1-7H3/t29-,30+,31-,32+,33-,34+,35+,36-,37-,38+,39-,40?,41+,43+,44+,45-,46+,48-,49+,50+,51-,52-/m0/s1. The number of ether oxygens (including phenoxy) is 1. The molecule has 0 amide bonds. The number of aliphatic hydroxyl groups excluding tert-OH is 2. The molecule has 7 heteroatoms. The first-order valence-corrected chi connectivity index (χ1v) is 25.4. The van der Waals surface area contributed by atoms with Crippen molar-refractivity contribution in [2.75, 3.05) is 13.1 Å². The van der Waals surface area contributed by atoms with Crippen LogP contribution in [0.2, 0.25) is 0 Å². The summed E-state index contributed by atoms with van der Waals surface area (Å²) in [5.41, 5.74) is -0.360. The minimum Gasteiger partial charge on any atom is -0.462 e.